The van der Waals surface area contributed by atoms with Gasteiger partial charge in [0.1, 0.15) is 11.5 Å². The molecule has 150 valence electrons. The number of nitrogens with two attached hydrogens (primary N) is 1. The van der Waals surface area contributed by atoms with E-state index in [1.165, 1.54) is 30.5 Å². The standard InChI is InChI=1S/C20H21N5O4/c21-7-1-8-24-10-2-4-12(26)17-15(10)19(28)18-13(27)5-3-11(16(18)20(17)29)25-9-6-14(22)23/h2-5,7,21,24-27H,1,6,8-9H2,(H3,22,23). The number of phenols is 2. The topological polar surface area (TPSA) is 172 Å². The van der Waals surface area contributed by atoms with Crippen LogP contribution >= 0.6 is 0 Å². The molecule has 3 rings (SSSR count). The van der Waals surface area contributed by atoms with Gasteiger partial charge in [-0.25, -0.2) is 0 Å². The number of benzene rings is 2. The van der Waals surface area contributed by atoms with Crippen molar-refractivity contribution in [2.24, 2.45) is 5.73 Å². The third-order valence-electron chi connectivity index (χ3n) is 4.59. The van der Waals surface area contributed by atoms with E-state index in [0.717, 1.165) is 0 Å². The molecule has 1 aliphatic rings. The van der Waals surface area contributed by atoms with Gasteiger partial charge < -0.3 is 32.0 Å². The lowest BCUT2D eigenvalue weighted by Gasteiger charge is -2.24. The summed E-state index contributed by atoms with van der Waals surface area (Å²) < 4.78 is 0. The Hall–Kier alpha value is -3.88. The van der Waals surface area contributed by atoms with Crippen LogP contribution in [0.5, 0.6) is 11.5 Å². The van der Waals surface area contributed by atoms with Crippen molar-refractivity contribution in [1.82, 2.24) is 0 Å². The largest absolute Gasteiger partial charge is 0.507 e. The average Bonchev–Trinajstić information content (AvgIpc) is 2.68. The van der Waals surface area contributed by atoms with Gasteiger partial charge in [0.05, 0.1) is 28.1 Å². The molecule has 0 saturated heterocycles. The van der Waals surface area contributed by atoms with Crippen LogP contribution in [0.4, 0.5) is 11.4 Å². The molecule has 0 bridgehead atoms. The zero-order valence-electron chi connectivity index (χ0n) is 15.5. The summed E-state index contributed by atoms with van der Waals surface area (Å²) in [6, 6.07) is 5.59. The summed E-state index contributed by atoms with van der Waals surface area (Å²) in [6.07, 6.45) is 1.87. The third-order valence-corrected chi connectivity index (χ3v) is 4.59. The maximum Gasteiger partial charge on any atom is 0.200 e. The Bertz CT molecular complexity index is 1030. The van der Waals surface area contributed by atoms with E-state index in [9.17, 15) is 19.8 Å². The molecular weight excluding hydrogens is 374 g/mol. The first-order chi connectivity index (χ1) is 13.9. The maximum absolute atomic E-state index is 13.2. The molecular formula is C20H21N5O4. The fraction of sp³-hybridized carbons (Fsp3) is 0.200. The molecule has 0 aromatic heterocycles. The van der Waals surface area contributed by atoms with E-state index >= 15 is 0 Å². The zero-order valence-corrected chi connectivity index (χ0v) is 15.5. The van der Waals surface area contributed by atoms with Gasteiger partial charge in [-0.2, -0.15) is 0 Å². The molecule has 0 aliphatic heterocycles. The van der Waals surface area contributed by atoms with Crippen molar-refractivity contribution >= 4 is 35.0 Å². The Morgan fingerprint density at radius 2 is 1.38 bits per heavy atom. The minimum atomic E-state index is -0.593. The predicted molar refractivity (Wildman–Crippen MR) is 110 cm³/mol. The van der Waals surface area contributed by atoms with E-state index in [1.54, 1.807) is 0 Å². The van der Waals surface area contributed by atoms with E-state index in [-0.39, 0.29) is 52.6 Å². The van der Waals surface area contributed by atoms with E-state index in [2.05, 4.69) is 10.6 Å². The molecule has 0 unspecified atom stereocenters. The third kappa shape index (κ3) is 3.62. The number of anilines is 2. The van der Waals surface area contributed by atoms with Crippen molar-refractivity contribution in [2.75, 3.05) is 23.7 Å². The highest BCUT2D eigenvalue weighted by atomic mass is 16.3. The zero-order chi connectivity index (χ0) is 21.1. The Balaban J connectivity index is 2.11. The summed E-state index contributed by atoms with van der Waals surface area (Å²) in [5, 5.41) is 41.0. The number of rotatable bonds is 8. The molecule has 9 heteroatoms. The van der Waals surface area contributed by atoms with E-state index < -0.39 is 11.6 Å². The number of amidine groups is 1. The average molecular weight is 395 g/mol. The number of phenolic OH excluding ortho intramolecular Hbond substituents is 2. The van der Waals surface area contributed by atoms with Gasteiger partial charge in [0.15, 0.2) is 0 Å². The normalized spacial score (nSPS) is 12.1. The molecule has 0 radical (unpaired) electrons. The van der Waals surface area contributed by atoms with Crippen molar-refractivity contribution in [3.8, 4) is 11.5 Å². The Labute approximate surface area is 166 Å². The molecule has 0 atom stereocenters. The van der Waals surface area contributed by atoms with Crippen LogP contribution in [0, 0.1) is 10.8 Å². The molecule has 29 heavy (non-hydrogen) atoms. The van der Waals surface area contributed by atoms with Crippen LogP contribution in [0.2, 0.25) is 0 Å². The summed E-state index contributed by atoms with van der Waals surface area (Å²) in [7, 11) is 0. The van der Waals surface area contributed by atoms with Crippen LogP contribution in [-0.2, 0) is 0 Å². The van der Waals surface area contributed by atoms with Gasteiger partial charge in [-0.3, -0.25) is 15.0 Å². The van der Waals surface area contributed by atoms with E-state index in [0.29, 0.717) is 24.3 Å². The summed E-state index contributed by atoms with van der Waals surface area (Å²) in [4.78, 5) is 26.5. The summed E-state index contributed by atoms with van der Waals surface area (Å²) in [5.74, 6) is -1.88. The number of hydrogen-bond donors (Lipinski definition) is 7. The van der Waals surface area contributed by atoms with Crippen LogP contribution in [0.1, 0.15) is 44.7 Å². The van der Waals surface area contributed by atoms with Crippen molar-refractivity contribution in [3.63, 3.8) is 0 Å². The highest BCUT2D eigenvalue weighted by Crippen LogP contribution is 2.42. The van der Waals surface area contributed by atoms with Gasteiger partial charge in [0.2, 0.25) is 11.6 Å². The minimum absolute atomic E-state index is 0.0105. The van der Waals surface area contributed by atoms with Crippen LogP contribution in [0.25, 0.3) is 0 Å². The van der Waals surface area contributed by atoms with Crippen LogP contribution in [-0.4, -0.2) is 46.9 Å². The van der Waals surface area contributed by atoms with E-state index in [1.807, 2.05) is 0 Å². The van der Waals surface area contributed by atoms with Gasteiger partial charge >= 0.3 is 0 Å². The molecule has 2 aromatic rings. The first kappa shape index (κ1) is 19.9. The SMILES string of the molecule is N=CCCNc1ccc(O)c2c1C(=O)c1c(O)ccc(NCCC(=N)N)c1C2=O. The Kier molecular flexibility index (Phi) is 5.49. The summed E-state index contributed by atoms with van der Waals surface area (Å²) in [6.45, 7) is 0.631. The van der Waals surface area contributed by atoms with Crippen molar-refractivity contribution < 1.29 is 19.8 Å². The highest BCUT2D eigenvalue weighted by molar-refractivity contribution is 6.33. The van der Waals surface area contributed by atoms with E-state index in [4.69, 9.17) is 16.6 Å². The van der Waals surface area contributed by atoms with Gasteiger partial charge in [0, 0.05) is 30.9 Å². The molecule has 0 spiro atoms. The second-order valence-corrected chi connectivity index (χ2v) is 6.54. The second kappa shape index (κ2) is 8.01. The number of fused-ring (bicyclic) bond motifs is 2. The number of ketones is 2. The molecule has 0 amide bonds. The monoisotopic (exact) mass is 395 g/mol. The van der Waals surface area contributed by atoms with Gasteiger partial charge in [0.25, 0.3) is 0 Å². The fourth-order valence-corrected chi connectivity index (χ4v) is 3.27. The first-order valence-corrected chi connectivity index (χ1v) is 8.97. The van der Waals surface area contributed by atoms with Crippen LogP contribution in [0.3, 0.4) is 0 Å². The lowest BCUT2D eigenvalue weighted by Crippen LogP contribution is -2.25. The Morgan fingerprint density at radius 1 is 0.897 bits per heavy atom. The molecule has 0 saturated carbocycles. The highest BCUT2D eigenvalue weighted by Gasteiger charge is 2.37. The van der Waals surface area contributed by atoms with Gasteiger partial charge in [-0.05, 0) is 36.9 Å². The minimum Gasteiger partial charge on any atom is -0.507 e. The molecule has 1 aliphatic carbocycles. The first-order valence-electron chi connectivity index (χ1n) is 8.97. The molecule has 2 aromatic carbocycles. The number of aromatic hydroxyl groups is 2. The van der Waals surface area contributed by atoms with Gasteiger partial charge in [-0.1, -0.05) is 0 Å². The second-order valence-electron chi connectivity index (χ2n) is 6.54. The van der Waals surface area contributed by atoms with Crippen LogP contribution < -0.4 is 16.4 Å². The summed E-state index contributed by atoms with van der Waals surface area (Å²) >= 11 is 0. The number of nitrogens with one attached hydrogen (secondary N) is 4. The van der Waals surface area contributed by atoms with Crippen molar-refractivity contribution in [2.45, 2.75) is 12.8 Å². The van der Waals surface area contributed by atoms with Crippen molar-refractivity contribution in [1.29, 1.82) is 10.8 Å². The predicted octanol–water partition coefficient (Wildman–Crippen LogP) is 2.06. The van der Waals surface area contributed by atoms with Gasteiger partial charge in [-0.15, -0.1) is 0 Å². The maximum atomic E-state index is 13.2. The summed E-state index contributed by atoms with van der Waals surface area (Å²) in [5.41, 5.74) is 5.68. The fourth-order valence-electron chi connectivity index (χ4n) is 3.27. The number of carbonyl (C=O) groups excluding carboxylic acids is 2. The lowest BCUT2D eigenvalue weighted by atomic mass is 9.81. The molecule has 0 fully saturated rings. The lowest BCUT2D eigenvalue weighted by molar-refractivity contribution is 0.0975. The van der Waals surface area contributed by atoms with Crippen LogP contribution in [0.15, 0.2) is 24.3 Å². The quantitative estimate of drug-likeness (QED) is 0.132. The molecule has 8 N–H and O–H groups in total. The smallest absolute Gasteiger partial charge is 0.200 e. The number of carbonyl (C=O) groups is 2. The molecule has 0 heterocycles. The van der Waals surface area contributed by atoms with Crippen molar-refractivity contribution in [3.05, 3.63) is 46.5 Å². The molecule has 9 nitrogen and oxygen atoms in total. The Morgan fingerprint density at radius 3 is 1.83 bits per heavy atom. The number of hydrogen-bond acceptors (Lipinski definition) is 8.